The Balaban J connectivity index is 1.50. The average molecular weight is 536 g/mol. The van der Waals surface area contributed by atoms with Crippen molar-refractivity contribution in [3.8, 4) is 5.88 Å². The Kier molecular flexibility index (Phi) is 8.80. The minimum Gasteiger partial charge on any atom is -0.494 e. The van der Waals surface area contributed by atoms with E-state index in [-0.39, 0.29) is 12.0 Å². The predicted octanol–water partition coefficient (Wildman–Crippen LogP) is 3.88. The normalized spacial score (nSPS) is 14.5. The number of amides is 1. The smallest absolute Gasteiger partial charge is 0.410 e. The number of nitrogens with one attached hydrogen (secondary N) is 1. The minimum absolute atomic E-state index is 0.0334. The van der Waals surface area contributed by atoms with Crippen LogP contribution in [-0.4, -0.2) is 93.8 Å². The summed E-state index contributed by atoms with van der Waals surface area (Å²) in [5, 5.41) is 11.4. The first-order valence-corrected chi connectivity index (χ1v) is 13.2. The molecule has 11 heteroatoms. The van der Waals surface area contributed by atoms with Gasteiger partial charge in [-0.15, -0.1) is 0 Å². The number of hydrogen-bond acceptors (Lipinski definition) is 9. The van der Waals surface area contributed by atoms with Crippen LogP contribution in [0.1, 0.15) is 44.7 Å². The number of aliphatic imine (C=N–C) groups is 1. The van der Waals surface area contributed by atoms with E-state index in [2.05, 4.69) is 29.7 Å². The number of aromatic nitrogens is 3. The SMILES string of the molecule is CN(CCCC=O)Cc1cccc(N=Cc2c(O)[nH]c3ncnc(N4CCN(C(=O)OC(C)(C)C)CC4)c23)c1. The monoisotopic (exact) mass is 535 g/mol. The largest absolute Gasteiger partial charge is 0.494 e. The lowest BCUT2D eigenvalue weighted by atomic mass is 10.1. The Morgan fingerprint density at radius 1 is 1.23 bits per heavy atom. The van der Waals surface area contributed by atoms with Crippen LogP contribution < -0.4 is 4.90 Å². The van der Waals surface area contributed by atoms with Gasteiger partial charge in [0.2, 0.25) is 0 Å². The molecule has 39 heavy (non-hydrogen) atoms. The highest BCUT2D eigenvalue weighted by Gasteiger charge is 2.28. The molecule has 1 aliphatic rings. The molecule has 3 aromatic rings. The summed E-state index contributed by atoms with van der Waals surface area (Å²) in [7, 11) is 2.03. The van der Waals surface area contributed by atoms with Gasteiger partial charge in [-0.3, -0.25) is 4.99 Å². The van der Waals surface area contributed by atoms with Gasteiger partial charge >= 0.3 is 6.09 Å². The van der Waals surface area contributed by atoms with Crippen molar-refractivity contribution in [1.29, 1.82) is 0 Å². The standard InChI is InChI=1S/C28H37N7O4/c1-28(2,3)39-27(38)35-13-11-34(12-14-35)25-23-22(26(37)32-24(23)30-19-31-25)17-29-21-9-7-8-20(16-21)18-33(4)10-5-6-15-36/h7-9,15-17,19,37H,5-6,10-14,18H2,1-4H3,(H,30,31,32). The quantitative estimate of drug-likeness (QED) is 0.240. The molecule has 3 heterocycles. The van der Waals surface area contributed by atoms with Crippen molar-refractivity contribution in [2.45, 2.75) is 45.8 Å². The van der Waals surface area contributed by atoms with Crippen LogP contribution in [0.2, 0.25) is 0 Å². The zero-order chi connectivity index (χ0) is 28.0. The second-order valence-corrected chi connectivity index (χ2v) is 10.7. The summed E-state index contributed by atoms with van der Waals surface area (Å²) in [6, 6.07) is 7.91. The fraction of sp³-hybridized carbons (Fsp3) is 0.464. The van der Waals surface area contributed by atoms with E-state index >= 15 is 0 Å². The maximum absolute atomic E-state index is 12.5. The number of hydrogen-bond donors (Lipinski definition) is 2. The predicted molar refractivity (Wildman–Crippen MR) is 151 cm³/mol. The Morgan fingerprint density at radius 3 is 2.72 bits per heavy atom. The summed E-state index contributed by atoms with van der Waals surface area (Å²) in [6.07, 6.45) is 5.11. The molecule has 0 unspecified atom stereocenters. The van der Waals surface area contributed by atoms with Gasteiger partial charge in [0.25, 0.3) is 0 Å². The molecule has 11 nitrogen and oxygen atoms in total. The topological polar surface area (TPSA) is 127 Å². The molecule has 0 spiro atoms. The van der Waals surface area contributed by atoms with Gasteiger partial charge in [-0.1, -0.05) is 12.1 Å². The van der Waals surface area contributed by atoms with Crippen LogP contribution >= 0.6 is 0 Å². The zero-order valence-corrected chi connectivity index (χ0v) is 23.1. The third kappa shape index (κ3) is 7.32. The maximum Gasteiger partial charge on any atom is 0.410 e. The molecule has 0 atom stereocenters. The average Bonchev–Trinajstić information content (AvgIpc) is 3.22. The number of aromatic hydroxyl groups is 1. The Hall–Kier alpha value is -3.99. The second-order valence-electron chi connectivity index (χ2n) is 10.7. The number of carbonyl (C=O) groups excluding carboxylic acids is 2. The zero-order valence-electron chi connectivity index (χ0n) is 23.1. The van der Waals surface area contributed by atoms with Crippen molar-refractivity contribution in [1.82, 2.24) is 24.8 Å². The minimum atomic E-state index is -0.545. The molecule has 1 aromatic carbocycles. The van der Waals surface area contributed by atoms with Crippen molar-refractivity contribution >= 4 is 41.1 Å². The number of aldehydes is 1. The third-order valence-corrected chi connectivity index (χ3v) is 6.39. The Labute approximate surface area is 228 Å². The van der Waals surface area contributed by atoms with E-state index in [1.807, 2.05) is 52.1 Å². The molecule has 1 aliphatic heterocycles. The highest BCUT2D eigenvalue weighted by molar-refractivity contribution is 6.06. The van der Waals surface area contributed by atoms with Gasteiger partial charge in [0.05, 0.1) is 16.6 Å². The summed E-state index contributed by atoms with van der Waals surface area (Å²) in [5.41, 5.74) is 2.34. The van der Waals surface area contributed by atoms with Gasteiger partial charge in [-0.2, -0.15) is 0 Å². The van der Waals surface area contributed by atoms with Crippen molar-refractivity contribution in [2.24, 2.45) is 4.99 Å². The van der Waals surface area contributed by atoms with E-state index < -0.39 is 5.60 Å². The lowest BCUT2D eigenvalue weighted by Gasteiger charge is -2.36. The first-order valence-electron chi connectivity index (χ1n) is 13.2. The third-order valence-electron chi connectivity index (χ3n) is 6.39. The van der Waals surface area contributed by atoms with Gasteiger partial charge in [0.1, 0.15) is 29.7 Å². The van der Waals surface area contributed by atoms with E-state index in [1.165, 1.54) is 6.33 Å². The summed E-state index contributed by atoms with van der Waals surface area (Å²) in [5.74, 6) is 0.640. The van der Waals surface area contributed by atoms with Gasteiger partial charge in [-0.25, -0.2) is 14.8 Å². The molecule has 2 N–H and O–H groups in total. The van der Waals surface area contributed by atoms with E-state index in [0.29, 0.717) is 55.0 Å². The van der Waals surface area contributed by atoms with Crippen LogP contribution in [0.5, 0.6) is 5.88 Å². The molecule has 0 aliphatic carbocycles. The maximum atomic E-state index is 12.5. The number of H-pyrrole nitrogens is 1. The van der Waals surface area contributed by atoms with Crippen LogP contribution in [0.15, 0.2) is 35.6 Å². The van der Waals surface area contributed by atoms with E-state index in [1.54, 1.807) is 11.1 Å². The molecule has 0 saturated carbocycles. The van der Waals surface area contributed by atoms with Gasteiger partial charge in [-0.05, 0) is 58.5 Å². The molecule has 1 amide bonds. The van der Waals surface area contributed by atoms with E-state index in [9.17, 15) is 14.7 Å². The lowest BCUT2D eigenvalue weighted by Crippen LogP contribution is -2.50. The number of benzene rings is 1. The number of anilines is 1. The Bertz CT molecular complexity index is 1320. The van der Waals surface area contributed by atoms with Crippen molar-refractivity contribution in [2.75, 3.05) is 44.7 Å². The van der Waals surface area contributed by atoms with E-state index in [4.69, 9.17) is 4.74 Å². The van der Waals surface area contributed by atoms with Gasteiger partial charge < -0.3 is 34.3 Å². The number of ether oxygens (including phenoxy) is 1. The highest BCUT2D eigenvalue weighted by atomic mass is 16.6. The van der Waals surface area contributed by atoms with Crippen molar-refractivity contribution in [3.63, 3.8) is 0 Å². The number of carbonyl (C=O) groups is 2. The number of nitrogens with zero attached hydrogens (tertiary/aromatic N) is 6. The number of piperazine rings is 1. The molecular weight excluding hydrogens is 498 g/mol. The number of rotatable bonds is 9. The summed E-state index contributed by atoms with van der Waals surface area (Å²) >= 11 is 0. The van der Waals surface area contributed by atoms with Crippen LogP contribution in [0.25, 0.3) is 11.0 Å². The fourth-order valence-corrected chi connectivity index (χ4v) is 4.52. The van der Waals surface area contributed by atoms with Crippen molar-refractivity contribution in [3.05, 3.63) is 41.7 Å². The molecule has 4 rings (SSSR count). The van der Waals surface area contributed by atoms with Crippen LogP contribution in [0.4, 0.5) is 16.3 Å². The fourth-order valence-electron chi connectivity index (χ4n) is 4.52. The first-order chi connectivity index (χ1) is 18.6. The summed E-state index contributed by atoms with van der Waals surface area (Å²) < 4.78 is 5.51. The van der Waals surface area contributed by atoms with Gasteiger partial charge in [0, 0.05) is 45.4 Å². The van der Waals surface area contributed by atoms with Crippen molar-refractivity contribution < 1.29 is 19.4 Å². The first kappa shape index (κ1) is 28.0. The van der Waals surface area contributed by atoms with Gasteiger partial charge in [0.15, 0.2) is 5.88 Å². The highest BCUT2D eigenvalue weighted by Crippen LogP contribution is 2.32. The lowest BCUT2D eigenvalue weighted by molar-refractivity contribution is -0.108. The van der Waals surface area contributed by atoms with E-state index in [0.717, 1.165) is 37.0 Å². The number of fused-ring (bicyclic) bond motifs is 1. The molecule has 208 valence electrons. The molecular formula is C28H37N7O4. The van der Waals surface area contributed by atoms with Crippen LogP contribution in [-0.2, 0) is 16.1 Å². The summed E-state index contributed by atoms with van der Waals surface area (Å²) in [6.45, 7) is 9.27. The number of unbranched alkanes of at least 4 members (excludes halogenated alkanes) is 1. The second kappa shape index (κ2) is 12.2. The summed E-state index contributed by atoms with van der Waals surface area (Å²) in [4.78, 5) is 45.4. The number of aromatic amines is 1. The molecule has 1 saturated heterocycles. The molecule has 1 fully saturated rings. The molecule has 0 radical (unpaired) electrons. The molecule has 2 aromatic heterocycles. The van der Waals surface area contributed by atoms with Crippen LogP contribution in [0.3, 0.4) is 0 Å². The Morgan fingerprint density at radius 2 is 2.00 bits per heavy atom. The molecule has 0 bridgehead atoms. The van der Waals surface area contributed by atoms with Crippen LogP contribution in [0, 0.1) is 0 Å².